The minimum atomic E-state index is -1.57. The third-order valence-corrected chi connectivity index (χ3v) is 19.5. The van der Waals surface area contributed by atoms with Crippen LogP contribution in [0.4, 0.5) is 0 Å². The third kappa shape index (κ3) is 60.8. The van der Waals surface area contributed by atoms with Gasteiger partial charge in [0.1, 0.15) is 24.4 Å². The number of rotatable bonds is 73. The Kier molecular flexibility index (Phi) is 69.9. The Bertz CT molecular complexity index is 1730. The van der Waals surface area contributed by atoms with Crippen LogP contribution in [-0.2, 0) is 14.3 Å². The molecule has 1 aliphatic heterocycles. The monoisotopic (exact) mass is 1320 g/mol. The summed E-state index contributed by atoms with van der Waals surface area (Å²) >= 11 is 0. The molecule has 0 bridgehead atoms. The molecule has 0 spiro atoms. The van der Waals surface area contributed by atoms with E-state index in [1.165, 1.54) is 321 Å². The molecular formula is C85H157NO8. The molecule has 7 unspecified atom stereocenters. The molecule has 9 nitrogen and oxygen atoms in total. The van der Waals surface area contributed by atoms with Crippen LogP contribution in [0.3, 0.4) is 0 Å². The highest BCUT2D eigenvalue weighted by Gasteiger charge is 2.44. The van der Waals surface area contributed by atoms with Gasteiger partial charge in [-0.3, -0.25) is 4.79 Å². The maximum Gasteiger partial charge on any atom is 0.220 e. The van der Waals surface area contributed by atoms with Crippen molar-refractivity contribution in [3.63, 3.8) is 0 Å². The standard InChI is InChI=1S/C85H157NO8/c1-3-5-7-9-11-13-15-17-19-21-23-25-27-29-31-33-35-37-38-39-40-41-42-43-45-47-49-51-53-55-57-59-61-63-65-67-69-71-73-75-81(89)86-78(77-93-85-84(92)83(91)82(90)80(76-87)94-85)79(88)74-72-70-68-66-64-62-60-58-56-54-52-50-48-46-44-36-34-32-30-28-26-24-22-20-18-16-14-12-10-8-6-4-2/h5,7,11,13,17,19,23,25,64,66,72,74,78-80,82-85,87-88,90-92H,3-4,6,8-10,12,14-16,18,20-22,24,26-63,65,67-71,73,75-77H2,1-2H3,(H,86,89)/b7-5-,13-11-,19-17-,25-23-,66-64+,74-72+. The van der Waals surface area contributed by atoms with E-state index >= 15 is 0 Å². The van der Waals surface area contributed by atoms with Crippen molar-refractivity contribution >= 4 is 5.91 Å². The molecule has 1 amide bonds. The van der Waals surface area contributed by atoms with Crippen molar-refractivity contribution in [1.82, 2.24) is 5.32 Å². The molecule has 9 heteroatoms. The lowest BCUT2D eigenvalue weighted by atomic mass is 9.99. The summed E-state index contributed by atoms with van der Waals surface area (Å²) in [5, 5.41) is 54.9. The Balaban J connectivity index is 2.06. The highest BCUT2D eigenvalue weighted by molar-refractivity contribution is 5.76. The van der Waals surface area contributed by atoms with Gasteiger partial charge < -0.3 is 40.3 Å². The zero-order chi connectivity index (χ0) is 67.8. The first-order valence-electron chi connectivity index (χ1n) is 41.2. The summed E-state index contributed by atoms with van der Waals surface area (Å²) in [4.78, 5) is 13.2. The minimum absolute atomic E-state index is 0.179. The molecule has 0 radical (unpaired) electrons. The zero-order valence-electron chi connectivity index (χ0n) is 62.0. The molecule has 6 N–H and O–H groups in total. The fraction of sp³-hybridized carbons (Fsp3) is 0.847. The lowest BCUT2D eigenvalue weighted by Crippen LogP contribution is -2.60. The number of allylic oxidation sites excluding steroid dienone is 11. The summed E-state index contributed by atoms with van der Waals surface area (Å²) in [5.74, 6) is -0.179. The molecule has 0 aromatic rings. The quantitative estimate of drug-likeness (QED) is 0.0261. The second-order valence-electron chi connectivity index (χ2n) is 28.5. The smallest absolute Gasteiger partial charge is 0.220 e. The molecule has 1 saturated heterocycles. The van der Waals surface area contributed by atoms with Gasteiger partial charge in [-0.2, -0.15) is 0 Å². The van der Waals surface area contributed by atoms with E-state index in [2.05, 4.69) is 79.9 Å². The lowest BCUT2D eigenvalue weighted by molar-refractivity contribution is -0.302. The molecule has 7 atom stereocenters. The summed E-state index contributed by atoms with van der Waals surface area (Å²) in [7, 11) is 0. The van der Waals surface area contributed by atoms with Gasteiger partial charge >= 0.3 is 0 Å². The predicted molar refractivity (Wildman–Crippen MR) is 405 cm³/mol. The average Bonchev–Trinajstić information content (AvgIpc) is 0.829. The van der Waals surface area contributed by atoms with Gasteiger partial charge in [-0.05, 0) is 70.6 Å². The summed E-state index contributed by atoms with van der Waals surface area (Å²) < 4.78 is 11.3. The van der Waals surface area contributed by atoms with Crippen molar-refractivity contribution in [2.45, 2.75) is 448 Å². The van der Waals surface area contributed by atoms with E-state index in [-0.39, 0.29) is 12.5 Å². The fourth-order valence-corrected chi connectivity index (χ4v) is 13.2. The Labute approximate surface area is 582 Å². The van der Waals surface area contributed by atoms with Crippen LogP contribution >= 0.6 is 0 Å². The Morgan fingerprint density at radius 1 is 0.372 bits per heavy atom. The molecule has 0 aromatic carbocycles. The number of carbonyl (C=O) groups excluding carboxylic acids is 1. The molecule has 0 aliphatic carbocycles. The van der Waals surface area contributed by atoms with Gasteiger partial charge in [0.25, 0.3) is 0 Å². The summed E-state index contributed by atoms with van der Waals surface area (Å²) in [6.45, 7) is 3.71. The van der Waals surface area contributed by atoms with Crippen LogP contribution in [0.15, 0.2) is 72.9 Å². The van der Waals surface area contributed by atoms with Crippen molar-refractivity contribution in [2.75, 3.05) is 13.2 Å². The molecular weight excluding hydrogens is 1160 g/mol. The van der Waals surface area contributed by atoms with Crippen molar-refractivity contribution < 1.29 is 39.8 Å². The number of aliphatic hydroxyl groups is 5. The molecule has 1 aliphatic rings. The number of amides is 1. The van der Waals surface area contributed by atoms with E-state index in [1.807, 2.05) is 6.08 Å². The first-order valence-corrected chi connectivity index (χ1v) is 41.2. The maximum atomic E-state index is 13.2. The van der Waals surface area contributed by atoms with Gasteiger partial charge in [-0.25, -0.2) is 0 Å². The van der Waals surface area contributed by atoms with Crippen molar-refractivity contribution in [3.8, 4) is 0 Å². The van der Waals surface area contributed by atoms with E-state index in [9.17, 15) is 30.3 Å². The van der Waals surface area contributed by atoms with Crippen molar-refractivity contribution in [2.24, 2.45) is 0 Å². The number of hydrogen-bond acceptors (Lipinski definition) is 8. The molecule has 1 heterocycles. The number of ether oxygens (including phenoxy) is 2. The van der Waals surface area contributed by atoms with Gasteiger partial charge in [0, 0.05) is 6.42 Å². The molecule has 1 rings (SSSR count). The normalized spacial score (nSPS) is 17.9. The largest absolute Gasteiger partial charge is 0.394 e. The van der Waals surface area contributed by atoms with Crippen LogP contribution in [0, 0.1) is 0 Å². The Hall–Kier alpha value is -2.37. The van der Waals surface area contributed by atoms with Crippen LogP contribution in [0.5, 0.6) is 0 Å². The third-order valence-electron chi connectivity index (χ3n) is 19.5. The first-order chi connectivity index (χ1) is 46.3. The highest BCUT2D eigenvalue weighted by Crippen LogP contribution is 2.24. The molecule has 550 valence electrons. The summed E-state index contributed by atoms with van der Waals surface area (Å²) in [5.41, 5.74) is 0. The topological polar surface area (TPSA) is 149 Å². The van der Waals surface area contributed by atoms with Crippen molar-refractivity contribution in [3.05, 3.63) is 72.9 Å². The molecule has 1 fully saturated rings. The highest BCUT2D eigenvalue weighted by atomic mass is 16.7. The van der Waals surface area contributed by atoms with E-state index in [4.69, 9.17) is 9.47 Å². The van der Waals surface area contributed by atoms with Gasteiger partial charge in [0.05, 0.1) is 25.4 Å². The number of carbonyl (C=O) groups is 1. The summed E-state index contributed by atoms with van der Waals surface area (Å²) in [6, 6.07) is -0.825. The number of hydrogen-bond donors (Lipinski definition) is 6. The van der Waals surface area contributed by atoms with Crippen molar-refractivity contribution in [1.29, 1.82) is 0 Å². The van der Waals surface area contributed by atoms with E-state index < -0.39 is 49.5 Å². The Morgan fingerprint density at radius 3 is 1.02 bits per heavy atom. The van der Waals surface area contributed by atoms with E-state index in [0.717, 1.165) is 64.2 Å². The van der Waals surface area contributed by atoms with Crippen LogP contribution in [0.2, 0.25) is 0 Å². The fourth-order valence-electron chi connectivity index (χ4n) is 13.2. The second kappa shape index (κ2) is 73.3. The number of nitrogens with one attached hydrogen (secondary N) is 1. The Morgan fingerprint density at radius 2 is 0.670 bits per heavy atom. The first kappa shape index (κ1) is 89.6. The predicted octanol–water partition coefficient (Wildman–Crippen LogP) is 23.8. The van der Waals surface area contributed by atoms with Gasteiger partial charge in [0.15, 0.2) is 6.29 Å². The van der Waals surface area contributed by atoms with E-state index in [1.54, 1.807) is 6.08 Å². The minimum Gasteiger partial charge on any atom is -0.394 e. The summed E-state index contributed by atoms with van der Waals surface area (Å²) in [6.07, 6.45) is 97.9. The van der Waals surface area contributed by atoms with Gasteiger partial charge in [0.2, 0.25) is 5.91 Å². The molecule has 0 aromatic heterocycles. The van der Waals surface area contributed by atoms with E-state index in [0.29, 0.717) is 6.42 Å². The SMILES string of the molecule is CC/C=C\C/C=C\C/C=C\C/C=C\CCCCCCCCCCCCCCCCCCCCCCCCCCCCC(=O)NC(COC1OC(CO)C(O)C(O)C1O)C(O)/C=C/CC/C=C/CCCCCCCCCCCCCCCCCCCCCCCCCCCC. The van der Waals surface area contributed by atoms with Crippen LogP contribution < -0.4 is 5.32 Å². The van der Waals surface area contributed by atoms with Crippen LogP contribution in [0.1, 0.15) is 406 Å². The molecule has 94 heavy (non-hydrogen) atoms. The van der Waals surface area contributed by atoms with Crippen LogP contribution in [-0.4, -0.2) is 87.5 Å². The zero-order valence-corrected chi connectivity index (χ0v) is 62.0. The number of unbranched alkanes of at least 4 members (excludes halogenated alkanes) is 53. The maximum absolute atomic E-state index is 13.2. The van der Waals surface area contributed by atoms with Gasteiger partial charge in [-0.1, -0.05) is 401 Å². The average molecular weight is 1320 g/mol. The number of aliphatic hydroxyl groups excluding tert-OH is 5. The second-order valence-corrected chi connectivity index (χ2v) is 28.5. The van der Waals surface area contributed by atoms with Crippen LogP contribution in [0.25, 0.3) is 0 Å². The molecule has 0 saturated carbocycles. The lowest BCUT2D eigenvalue weighted by Gasteiger charge is -2.40. The van der Waals surface area contributed by atoms with Gasteiger partial charge in [-0.15, -0.1) is 0 Å².